The van der Waals surface area contributed by atoms with Crippen molar-refractivity contribution in [3.05, 3.63) is 114 Å². The van der Waals surface area contributed by atoms with Crippen molar-refractivity contribution in [3.63, 3.8) is 0 Å². The van der Waals surface area contributed by atoms with Gasteiger partial charge in [0.1, 0.15) is 0 Å². The van der Waals surface area contributed by atoms with Crippen LogP contribution in [0.15, 0.2) is 103 Å². The molecular weight excluding hydrogens is 408 g/mol. The zero-order valence-electron chi connectivity index (χ0n) is 17.9. The number of fused-ring (bicyclic) bond motifs is 4. The summed E-state index contributed by atoms with van der Waals surface area (Å²) in [7, 11) is 0. The van der Waals surface area contributed by atoms with Gasteiger partial charge < -0.3 is 4.90 Å². The molecule has 6 rings (SSSR count). The van der Waals surface area contributed by atoms with Crippen LogP contribution in [-0.4, -0.2) is 6.54 Å². The van der Waals surface area contributed by atoms with Crippen LogP contribution >= 0.6 is 11.3 Å². The maximum Gasteiger partial charge on any atom is 0.268 e. The molecule has 32 heavy (non-hydrogen) atoms. The molecule has 0 spiro atoms. The molecule has 0 amide bonds. The van der Waals surface area contributed by atoms with Crippen LogP contribution in [0, 0.1) is 0 Å². The van der Waals surface area contributed by atoms with Crippen LogP contribution in [0.2, 0.25) is 0 Å². The number of pyridine rings is 1. The SMILES string of the molecule is CCN1C=C/C(=C\c2cc3scc(-c4ccccc4)[n+]3c3ccccc23)c2ccccc21. The summed E-state index contributed by atoms with van der Waals surface area (Å²) in [5.41, 5.74) is 8.77. The molecule has 2 aromatic heterocycles. The van der Waals surface area contributed by atoms with Gasteiger partial charge in [0.2, 0.25) is 11.2 Å². The molecule has 1 aliphatic rings. The fourth-order valence-corrected chi connectivity index (χ4v) is 5.59. The first-order valence-corrected chi connectivity index (χ1v) is 11.9. The average Bonchev–Trinajstić information content (AvgIpc) is 3.29. The van der Waals surface area contributed by atoms with Crippen LogP contribution in [0.5, 0.6) is 0 Å². The summed E-state index contributed by atoms with van der Waals surface area (Å²) in [5, 5.41) is 3.53. The first-order chi connectivity index (χ1) is 15.8. The van der Waals surface area contributed by atoms with Crippen LogP contribution in [-0.2, 0) is 0 Å². The standard InChI is InChI=1S/C29H23N2S/c1-2-30-17-16-22(24-12-6-8-14-26(24)30)18-23-19-29-31(27-15-9-7-13-25(23)27)28(20-32-29)21-10-4-3-5-11-21/h3-20H,2H2,1H3/q+1. The fraction of sp³-hybridized carbons (Fsp3) is 0.0690. The van der Waals surface area contributed by atoms with E-state index in [-0.39, 0.29) is 0 Å². The Morgan fingerprint density at radius 3 is 2.56 bits per heavy atom. The smallest absolute Gasteiger partial charge is 0.268 e. The first kappa shape index (κ1) is 19.0. The number of thiazole rings is 1. The molecule has 0 saturated heterocycles. The molecule has 0 saturated carbocycles. The second-order valence-electron chi connectivity index (χ2n) is 8.00. The quantitative estimate of drug-likeness (QED) is 0.274. The van der Waals surface area contributed by atoms with Crippen LogP contribution in [0.1, 0.15) is 18.1 Å². The summed E-state index contributed by atoms with van der Waals surface area (Å²) in [6.07, 6.45) is 6.77. The predicted octanol–water partition coefficient (Wildman–Crippen LogP) is 7.20. The van der Waals surface area contributed by atoms with Crippen molar-refractivity contribution in [2.75, 3.05) is 11.4 Å². The highest BCUT2D eigenvalue weighted by molar-refractivity contribution is 7.15. The Hall–Kier alpha value is -3.69. The zero-order chi connectivity index (χ0) is 21.5. The van der Waals surface area contributed by atoms with Crippen molar-refractivity contribution < 1.29 is 4.40 Å². The Morgan fingerprint density at radius 1 is 0.906 bits per heavy atom. The maximum atomic E-state index is 2.39. The first-order valence-electron chi connectivity index (χ1n) is 11.0. The third-order valence-corrected chi connectivity index (χ3v) is 7.05. The molecule has 0 atom stereocenters. The Morgan fingerprint density at radius 2 is 1.69 bits per heavy atom. The van der Waals surface area contributed by atoms with E-state index in [9.17, 15) is 0 Å². The van der Waals surface area contributed by atoms with Crippen molar-refractivity contribution in [3.8, 4) is 11.3 Å². The monoisotopic (exact) mass is 431 g/mol. The number of anilines is 1. The lowest BCUT2D eigenvalue weighted by atomic mass is 9.96. The van der Waals surface area contributed by atoms with Gasteiger partial charge in [-0.2, -0.15) is 0 Å². The largest absolute Gasteiger partial charge is 0.348 e. The molecule has 3 heterocycles. The topological polar surface area (TPSA) is 7.34 Å². The molecule has 5 aromatic rings. The lowest BCUT2D eigenvalue weighted by molar-refractivity contribution is -0.464. The second kappa shape index (κ2) is 7.77. The van der Waals surface area contributed by atoms with E-state index in [2.05, 4.69) is 125 Å². The molecular formula is C29H23N2S+. The number of aromatic nitrogens is 1. The number of benzene rings is 3. The van der Waals surface area contributed by atoms with Crippen molar-refractivity contribution >= 4 is 44.4 Å². The fourth-order valence-electron chi connectivity index (χ4n) is 4.61. The molecule has 0 N–H and O–H groups in total. The number of hydrogen-bond acceptors (Lipinski definition) is 2. The second-order valence-corrected chi connectivity index (χ2v) is 8.89. The van der Waals surface area contributed by atoms with Gasteiger partial charge in [0.25, 0.3) is 4.83 Å². The lowest BCUT2D eigenvalue weighted by Crippen LogP contribution is -2.23. The van der Waals surface area contributed by atoms with E-state index < -0.39 is 0 Å². The van der Waals surface area contributed by atoms with E-state index in [1.54, 1.807) is 11.3 Å². The van der Waals surface area contributed by atoms with E-state index in [0.29, 0.717) is 0 Å². The van der Waals surface area contributed by atoms with Gasteiger partial charge in [-0.25, -0.2) is 0 Å². The van der Waals surface area contributed by atoms with Gasteiger partial charge in [0.15, 0.2) is 0 Å². The van der Waals surface area contributed by atoms with Gasteiger partial charge >= 0.3 is 0 Å². The van der Waals surface area contributed by atoms with Crippen LogP contribution in [0.4, 0.5) is 5.69 Å². The highest BCUT2D eigenvalue weighted by Crippen LogP contribution is 2.35. The van der Waals surface area contributed by atoms with Gasteiger partial charge in [-0.1, -0.05) is 59.9 Å². The van der Waals surface area contributed by atoms with Crippen LogP contribution in [0.25, 0.3) is 38.6 Å². The van der Waals surface area contributed by atoms with Gasteiger partial charge in [0.05, 0.1) is 10.8 Å². The molecule has 0 radical (unpaired) electrons. The van der Waals surface area contributed by atoms with Gasteiger partial charge in [-0.05, 0) is 54.5 Å². The maximum absolute atomic E-state index is 2.39. The summed E-state index contributed by atoms with van der Waals surface area (Å²) in [6.45, 7) is 3.15. The highest BCUT2D eigenvalue weighted by atomic mass is 32.1. The van der Waals surface area contributed by atoms with E-state index >= 15 is 0 Å². The Bertz CT molecular complexity index is 1510. The Balaban J connectivity index is 1.59. The molecule has 0 fully saturated rings. The normalized spacial score (nSPS) is 14.4. The average molecular weight is 432 g/mol. The minimum Gasteiger partial charge on any atom is -0.348 e. The number of rotatable bonds is 3. The number of hydrogen-bond donors (Lipinski definition) is 0. The van der Waals surface area contributed by atoms with Gasteiger partial charge in [-0.15, -0.1) is 4.40 Å². The molecule has 0 bridgehead atoms. The summed E-state index contributed by atoms with van der Waals surface area (Å²) < 4.78 is 2.39. The predicted molar refractivity (Wildman–Crippen MR) is 137 cm³/mol. The third-order valence-electron chi connectivity index (χ3n) is 6.17. The van der Waals surface area contributed by atoms with Gasteiger partial charge in [-0.3, -0.25) is 0 Å². The van der Waals surface area contributed by atoms with Crippen molar-refractivity contribution in [2.45, 2.75) is 6.92 Å². The molecule has 2 nitrogen and oxygen atoms in total. The highest BCUT2D eigenvalue weighted by Gasteiger charge is 2.21. The molecule has 154 valence electrons. The minimum atomic E-state index is 0.962. The van der Waals surface area contributed by atoms with E-state index in [1.165, 1.54) is 49.4 Å². The third kappa shape index (κ3) is 3.05. The summed E-state index contributed by atoms with van der Waals surface area (Å²) in [4.78, 5) is 3.55. The molecule has 3 heteroatoms. The minimum absolute atomic E-state index is 0.962. The number of para-hydroxylation sites is 2. The van der Waals surface area contributed by atoms with Crippen LogP contribution in [0.3, 0.4) is 0 Å². The molecule has 0 aliphatic carbocycles. The van der Waals surface area contributed by atoms with Crippen molar-refractivity contribution in [2.24, 2.45) is 0 Å². The summed E-state index contributed by atoms with van der Waals surface area (Å²) >= 11 is 1.80. The Kier molecular flexibility index (Phi) is 4.62. The molecule has 1 aliphatic heterocycles. The van der Waals surface area contributed by atoms with E-state index in [0.717, 1.165) is 6.54 Å². The summed E-state index contributed by atoms with van der Waals surface area (Å²) in [6, 6.07) is 30.4. The van der Waals surface area contributed by atoms with E-state index in [4.69, 9.17) is 0 Å². The van der Waals surface area contributed by atoms with Crippen molar-refractivity contribution in [1.82, 2.24) is 0 Å². The lowest BCUT2D eigenvalue weighted by Gasteiger charge is -2.26. The van der Waals surface area contributed by atoms with E-state index in [1.807, 2.05) is 0 Å². The van der Waals surface area contributed by atoms with Crippen molar-refractivity contribution in [1.29, 1.82) is 0 Å². The summed E-state index contributed by atoms with van der Waals surface area (Å²) in [5.74, 6) is 0. The zero-order valence-corrected chi connectivity index (χ0v) is 18.7. The van der Waals surface area contributed by atoms with Crippen LogP contribution < -0.4 is 9.30 Å². The number of nitrogens with zero attached hydrogens (tertiary/aromatic N) is 2. The number of allylic oxidation sites excluding steroid dienone is 2. The van der Waals surface area contributed by atoms with Gasteiger partial charge in [0, 0.05) is 41.7 Å². The Labute approximate surface area is 192 Å². The molecule has 3 aromatic carbocycles. The molecule has 0 unspecified atom stereocenters.